The summed E-state index contributed by atoms with van der Waals surface area (Å²) < 4.78 is 36.6. The van der Waals surface area contributed by atoms with Crippen molar-refractivity contribution in [1.82, 2.24) is 4.31 Å². The third-order valence-corrected chi connectivity index (χ3v) is 7.35. The van der Waals surface area contributed by atoms with Crippen LogP contribution in [0.3, 0.4) is 0 Å². The van der Waals surface area contributed by atoms with E-state index in [0.29, 0.717) is 17.4 Å². The van der Waals surface area contributed by atoms with Gasteiger partial charge < -0.3 is 4.74 Å². The Hall–Kier alpha value is -1.66. The van der Waals surface area contributed by atoms with Crippen molar-refractivity contribution < 1.29 is 18.3 Å². The maximum absolute atomic E-state index is 14.9. The van der Waals surface area contributed by atoms with Gasteiger partial charge in [-0.1, -0.05) is 30.2 Å². The van der Waals surface area contributed by atoms with Crippen LogP contribution in [0.25, 0.3) is 0 Å². The van der Waals surface area contributed by atoms with Crippen molar-refractivity contribution in [2.45, 2.75) is 69.7 Å². The molecule has 0 N–H and O–H groups in total. The minimum absolute atomic E-state index is 0.0142. The van der Waals surface area contributed by atoms with Gasteiger partial charge in [-0.15, -0.1) is 0 Å². The molecule has 29 heavy (non-hydrogen) atoms. The van der Waals surface area contributed by atoms with Gasteiger partial charge in [0.1, 0.15) is 11.6 Å². The fourth-order valence-corrected chi connectivity index (χ4v) is 5.26. The highest BCUT2D eigenvalue weighted by Crippen LogP contribution is 2.39. The highest BCUT2D eigenvalue weighted by Gasteiger charge is 2.35. The van der Waals surface area contributed by atoms with Gasteiger partial charge in [-0.3, -0.25) is 4.79 Å². The number of carbonyl (C=O) groups is 1. The lowest BCUT2D eigenvalue weighted by Crippen LogP contribution is -2.35. The Morgan fingerprint density at radius 2 is 2.00 bits per heavy atom. The first-order valence-corrected chi connectivity index (χ1v) is 10.9. The molecular weight excluding hydrogens is 392 g/mol. The fourth-order valence-electron chi connectivity index (χ4n) is 3.87. The number of carbonyl (C=O) groups excluding carboxylic acids is 1. The van der Waals surface area contributed by atoms with E-state index >= 15 is 0 Å². The lowest BCUT2D eigenvalue weighted by atomic mass is 9.83. The Labute approximate surface area is 176 Å². The number of ether oxygens (including phenoxy) is 1. The molecule has 2 aliphatic rings. The molecule has 0 aromatic heterocycles. The van der Waals surface area contributed by atoms with Crippen molar-refractivity contribution in [2.75, 3.05) is 7.11 Å². The lowest BCUT2D eigenvalue weighted by molar-refractivity contribution is -0.146. The van der Waals surface area contributed by atoms with E-state index in [1.54, 1.807) is 11.9 Å². The van der Waals surface area contributed by atoms with Crippen LogP contribution in [0.15, 0.2) is 35.9 Å². The van der Waals surface area contributed by atoms with Gasteiger partial charge in [0.25, 0.3) is 0 Å². The largest absolute Gasteiger partial charge is 0.468 e. The van der Waals surface area contributed by atoms with Crippen LogP contribution < -0.4 is 0 Å². The average molecular weight is 422 g/mol. The van der Waals surface area contributed by atoms with Crippen LogP contribution in [0.1, 0.15) is 57.6 Å². The molecule has 3 nitrogen and oxygen atoms in total. The lowest BCUT2D eigenvalue weighted by Gasteiger charge is -2.38. The van der Waals surface area contributed by atoms with Crippen molar-refractivity contribution in [2.24, 2.45) is 0 Å². The minimum atomic E-state index is -1.25. The van der Waals surface area contributed by atoms with Gasteiger partial charge in [0, 0.05) is 29.0 Å². The maximum Gasteiger partial charge on any atom is 0.315 e. The molecule has 158 valence electrons. The SMILES string of the molecule is COC(=O)C(C)(C)c1cc(F)c(CN2SC(C3=CCCC=C3)CC[C@@H]2C)cc1F. The van der Waals surface area contributed by atoms with Gasteiger partial charge >= 0.3 is 5.97 Å². The number of halogens is 2. The molecule has 1 aromatic carbocycles. The molecule has 3 rings (SSSR count). The fraction of sp³-hybridized carbons (Fsp3) is 0.522. The Morgan fingerprint density at radius 1 is 1.24 bits per heavy atom. The molecule has 1 aliphatic heterocycles. The predicted molar refractivity (Wildman–Crippen MR) is 113 cm³/mol. The summed E-state index contributed by atoms with van der Waals surface area (Å²) in [5, 5.41) is 0.355. The first-order valence-electron chi connectivity index (χ1n) is 10.1. The van der Waals surface area contributed by atoms with Gasteiger partial charge in [-0.25, -0.2) is 13.1 Å². The number of benzene rings is 1. The molecule has 0 spiro atoms. The van der Waals surface area contributed by atoms with Crippen LogP contribution in [-0.4, -0.2) is 28.7 Å². The van der Waals surface area contributed by atoms with Crippen LogP contribution in [0.4, 0.5) is 8.78 Å². The molecular formula is C23H29F2NO2S. The van der Waals surface area contributed by atoms with Crippen molar-refractivity contribution in [3.8, 4) is 0 Å². The molecule has 1 fully saturated rings. The summed E-state index contributed by atoms with van der Waals surface area (Å²) in [6.45, 7) is 5.52. The van der Waals surface area contributed by atoms with Crippen molar-refractivity contribution >= 4 is 17.9 Å². The van der Waals surface area contributed by atoms with Crippen LogP contribution in [-0.2, 0) is 21.5 Å². The summed E-state index contributed by atoms with van der Waals surface area (Å²) in [5.41, 5.74) is 0.399. The zero-order valence-corrected chi connectivity index (χ0v) is 18.3. The van der Waals surface area contributed by atoms with Gasteiger partial charge in [0.05, 0.1) is 12.5 Å². The average Bonchev–Trinajstić information content (AvgIpc) is 2.71. The Balaban J connectivity index is 1.80. The minimum Gasteiger partial charge on any atom is -0.468 e. The van der Waals surface area contributed by atoms with E-state index in [1.807, 2.05) is 0 Å². The summed E-state index contributed by atoms with van der Waals surface area (Å²) in [6, 6.07) is 2.65. The quantitative estimate of drug-likeness (QED) is 0.451. The molecule has 2 atom stereocenters. The number of rotatable bonds is 5. The number of methoxy groups -OCH3 is 1. The number of allylic oxidation sites excluding steroid dienone is 3. The smallest absolute Gasteiger partial charge is 0.315 e. The zero-order chi connectivity index (χ0) is 21.2. The Morgan fingerprint density at radius 3 is 2.66 bits per heavy atom. The molecule has 1 saturated heterocycles. The van der Waals surface area contributed by atoms with Crippen LogP contribution >= 0.6 is 11.9 Å². The molecule has 0 amide bonds. The van der Waals surface area contributed by atoms with Gasteiger partial charge in [-0.05, 0) is 64.2 Å². The highest BCUT2D eigenvalue weighted by atomic mass is 32.2. The number of nitrogens with zero attached hydrogens (tertiary/aromatic N) is 1. The first kappa shape index (κ1) is 22.0. The van der Waals surface area contributed by atoms with Gasteiger partial charge in [0.15, 0.2) is 0 Å². The third kappa shape index (κ3) is 4.75. The maximum atomic E-state index is 14.9. The summed E-state index contributed by atoms with van der Waals surface area (Å²) in [5.74, 6) is -1.67. The van der Waals surface area contributed by atoms with Gasteiger partial charge in [0.2, 0.25) is 0 Å². The normalized spacial score (nSPS) is 23.0. The van der Waals surface area contributed by atoms with Crippen LogP contribution in [0, 0.1) is 11.6 Å². The summed E-state index contributed by atoms with van der Waals surface area (Å²) in [6.07, 6.45) is 10.9. The van der Waals surface area contributed by atoms with E-state index < -0.39 is 23.0 Å². The molecule has 0 saturated carbocycles. The third-order valence-electron chi connectivity index (χ3n) is 5.83. The predicted octanol–water partition coefficient (Wildman–Crippen LogP) is 5.69. The van der Waals surface area contributed by atoms with Crippen LogP contribution in [0.5, 0.6) is 0 Å². The van der Waals surface area contributed by atoms with Crippen molar-refractivity contribution in [1.29, 1.82) is 0 Å². The standard InChI is InChI=1S/C23H29F2NO2S/c1-15-10-11-21(16-8-6-5-7-9-16)29-26(15)14-17-12-20(25)18(13-19(17)24)23(2,3)22(27)28-4/h6,8-9,12-13,15,21H,5,7,10-11,14H2,1-4H3/t15-,21?/m0/s1. The van der Waals surface area contributed by atoms with E-state index in [0.717, 1.165) is 31.7 Å². The number of esters is 1. The molecule has 1 aliphatic carbocycles. The van der Waals surface area contributed by atoms with Crippen molar-refractivity contribution in [3.63, 3.8) is 0 Å². The van der Waals surface area contributed by atoms with E-state index in [9.17, 15) is 13.6 Å². The Bertz CT molecular complexity index is 834. The summed E-state index contributed by atoms with van der Waals surface area (Å²) in [7, 11) is 1.25. The molecule has 1 heterocycles. The van der Waals surface area contributed by atoms with Crippen LogP contribution in [0.2, 0.25) is 0 Å². The molecule has 1 unspecified atom stereocenters. The number of hydrogen-bond donors (Lipinski definition) is 0. The molecule has 0 radical (unpaired) electrons. The number of hydrogen-bond acceptors (Lipinski definition) is 4. The first-order chi connectivity index (χ1) is 13.7. The van der Waals surface area contributed by atoms with Gasteiger partial charge in [-0.2, -0.15) is 0 Å². The topological polar surface area (TPSA) is 29.5 Å². The second-order valence-corrected chi connectivity index (χ2v) is 9.57. The second kappa shape index (κ2) is 9.00. The molecule has 0 bridgehead atoms. The van der Waals surface area contributed by atoms with E-state index in [4.69, 9.17) is 4.74 Å². The van der Waals surface area contributed by atoms with E-state index in [2.05, 4.69) is 29.5 Å². The van der Waals surface area contributed by atoms with E-state index in [1.165, 1.54) is 32.6 Å². The second-order valence-electron chi connectivity index (χ2n) is 8.32. The summed E-state index contributed by atoms with van der Waals surface area (Å²) in [4.78, 5) is 12.0. The zero-order valence-electron chi connectivity index (χ0n) is 17.5. The van der Waals surface area contributed by atoms with E-state index in [-0.39, 0.29) is 11.6 Å². The Kier molecular flexibility index (Phi) is 6.84. The summed E-state index contributed by atoms with van der Waals surface area (Å²) >= 11 is 1.72. The molecule has 6 heteroatoms. The molecule has 1 aromatic rings. The monoisotopic (exact) mass is 421 g/mol. The van der Waals surface area contributed by atoms with Crippen molar-refractivity contribution in [3.05, 3.63) is 58.7 Å². The highest BCUT2D eigenvalue weighted by molar-refractivity contribution is 7.97.